The number of nitrogens with one attached hydrogen (secondary N) is 1. The van der Waals surface area contributed by atoms with Gasteiger partial charge in [0, 0.05) is 23.9 Å². The van der Waals surface area contributed by atoms with Crippen molar-refractivity contribution in [3.8, 4) is 22.7 Å². The lowest BCUT2D eigenvalue weighted by atomic mass is 10.0. The fourth-order valence-corrected chi connectivity index (χ4v) is 3.73. The molecule has 0 spiro atoms. The third-order valence-electron chi connectivity index (χ3n) is 4.86. The number of nitrogen functional groups attached to an aromatic ring is 1. The van der Waals surface area contributed by atoms with Gasteiger partial charge in [0.1, 0.15) is 11.5 Å². The van der Waals surface area contributed by atoms with Crippen molar-refractivity contribution in [2.24, 2.45) is 0 Å². The van der Waals surface area contributed by atoms with E-state index in [1.54, 1.807) is 53.5 Å². The summed E-state index contributed by atoms with van der Waals surface area (Å²) in [7, 11) is -3.38. The van der Waals surface area contributed by atoms with Crippen molar-refractivity contribution in [3.05, 3.63) is 60.2 Å². The Kier molecular flexibility index (Phi) is 6.61. The molecule has 1 atom stereocenters. The fourth-order valence-electron chi connectivity index (χ4n) is 3.24. The largest absolute Gasteiger partial charge is 0.415 e. The number of anilines is 1. The number of halogens is 2. The Balaban J connectivity index is 1.61. The van der Waals surface area contributed by atoms with Crippen molar-refractivity contribution in [1.82, 2.24) is 34.9 Å². The van der Waals surface area contributed by atoms with Crippen molar-refractivity contribution in [1.29, 1.82) is 0 Å². The number of pyridine rings is 1. The molecule has 14 heteroatoms. The maximum Gasteiger partial charge on any atom is 0.314 e. The summed E-state index contributed by atoms with van der Waals surface area (Å²) in [5.41, 5.74) is 8.16. The Labute approximate surface area is 193 Å². The molecule has 0 aliphatic rings. The summed E-state index contributed by atoms with van der Waals surface area (Å²) in [6.45, 7) is 0.158. The van der Waals surface area contributed by atoms with Crippen LogP contribution >= 0.6 is 0 Å². The second-order valence-electron chi connectivity index (χ2n) is 7.39. The van der Waals surface area contributed by atoms with Crippen LogP contribution in [0.2, 0.25) is 0 Å². The lowest BCUT2D eigenvalue weighted by molar-refractivity contribution is 0.116. The third-order valence-corrected chi connectivity index (χ3v) is 5.59. The number of benzene rings is 1. The molecule has 0 saturated carbocycles. The Bertz CT molecular complexity index is 1360. The molecule has 34 heavy (non-hydrogen) atoms. The quantitative estimate of drug-likeness (QED) is 0.360. The average molecular weight is 490 g/mol. The van der Waals surface area contributed by atoms with Crippen LogP contribution < -0.4 is 10.5 Å². The molecule has 0 fully saturated rings. The molecule has 4 rings (SSSR count). The number of rotatable bonds is 9. The number of aromatic nitrogens is 6. The molecule has 178 valence electrons. The number of nitrogens with two attached hydrogens (primary N) is 1. The molecule has 11 nitrogen and oxygen atoms in total. The summed E-state index contributed by atoms with van der Waals surface area (Å²) in [5.74, 6) is -0.407. The Morgan fingerprint density at radius 1 is 1.09 bits per heavy atom. The molecule has 0 aliphatic carbocycles. The van der Waals surface area contributed by atoms with E-state index in [1.807, 2.05) is 0 Å². The van der Waals surface area contributed by atoms with Gasteiger partial charge in [-0.3, -0.25) is 0 Å². The summed E-state index contributed by atoms with van der Waals surface area (Å²) in [4.78, 5) is 4.05. The van der Waals surface area contributed by atoms with Gasteiger partial charge in [-0.05, 0) is 36.2 Å². The summed E-state index contributed by atoms with van der Waals surface area (Å²) in [6, 6.07) is 9.83. The van der Waals surface area contributed by atoms with Crippen LogP contribution in [0.25, 0.3) is 22.7 Å². The first-order valence-electron chi connectivity index (χ1n) is 10.00. The first kappa shape index (κ1) is 23.4. The SMILES string of the molecule is CS(=O)(=O)NCC[C@@H](c1ccc(-c2nnc(C(F)F)o2)cc1)n1cc(-c2ccc(N)nc2)nn1. The molecule has 0 amide bonds. The highest BCUT2D eigenvalue weighted by Gasteiger charge is 2.20. The van der Waals surface area contributed by atoms with E-state index < -0.39 is 22.3 Å². The maximum absolute atomic E-state index is 12.7. The van der Waals surface area contributed by atoms with E-state index >= 15 is 0 Å². The molecule has 0 unspecified atom stereocenters. The van der Waals surface area contributed by atoms with Gasteiger partial charge >= 0.3 is 6.43 Å². The molecule has 0 radical (unpaired) electrons. The van der Waals surface area contributed by atoms with E-state index in [0.717, 1.165) is 17.4 Å². The highest BCUT2D eigenvalue weighted by Crippen LogP contribution is 2.28. The van der Waals surface area contributed by atoms with E-state index in [4.69, 9.17) is 10.2 Å². The van der Waals surface area contributed by atoms with E-state index in [2.05, 4.69) is 30.2 Å². The minimum atomic E-state index is -3.38. The van der Waals surface area contributed by atoms with Gasteiger partial charge in [0.05, 0.1) is 18.5 Å². The molecular weight excluding hydrogens is 470 g/mol. The van der Waals surface area contributed by atoms with Crippen LogP contribution in [0.3, 0.4) is 0 Å². The van der Waals surface area contributed by atoms with Gasteiger partial charge in [-0.1, -0.05) is 17.3 Å². The van der Waals surface area contributed by atoms with Crippen LogP contribution in [-0.4, -0.2) is 51.4 Å². The van der Waals surface area contributed by atoms with Gasteiger partial charge in [-0.15, -0.1) is 15.3 Å². The first-order valence-corrected chi connectivity index (χ1v) is 11.9. The second kappa shape index (κ2) is 9.61. The lowest BCUT2D eigenvalue weighted by Gasteiger charge is -2.18. The van der Waals surface area contributed by atoms with Crippen molar-refractivity contribution < 1.29 is 21.6 Å². The van der Waals surface area contributed by atoms with E-state index in [9.17, 15) is 17.2 Å². The lowest BCUT2D eigenvalue weighted by Crippen LogP contribution is -2.26. The predicted octanol–water partition coefficient (Wildman–Crippen LogP) is 2.44. The normalized spacial score (nSPS) is 12.8. The standard InChI is InChI=1S/C20H20F2N8O3S/c1-34(31,32)25-9-8-16(30-11-15(26-29-30)14-6-7-17(23)24-10-14)12-2-4-13(5-3-12)19-27-28-20(33-19)18(21)22/h2-7,10-11,16,18,25H,8-9H2,1H3,(H2,23,24)/t16-/m0/s1. The van der Waals surface area contributed by atoms with E-state index in [-0.39, 0.29) is 18.5 Å². The average Bonchev–Trinajstić information content (AvgIpc) is 3.47. The highest BCUT2D eigenvalue weighted by molar-refractivity contribution is 7.88. The van der Waals surface area contributed by atoms with Gasteiger partial charge in [0.15, 0.2) is 0 Å². The minimum Gasteiger partial charge on any atom is -0.415 e. The molecule has 3 N–H and O–H groups in total. The summed E-state index contributed by atoms with van der Waals surface area (Å²) in [5, 5.41) is 15.4. The molecular formula is C20H20F2N8O3S. The molecule has 3 aromatic heterocycles. The van der Waals surface area contributed by atoms with Gasteiger partial charge in [0.25, 0.3) is 5.89 Å². The number of nitrogens with zero attached hydrogens (tertiary/aromatic N) is 6. The molecule has 3 heterocycles. The van der Waals surface area contributed by atoms with Crippen LogP contribution in [0.1, 0.15) is 30.3 Å². The first-order chi connectivity index (χ1) is 16.2. The molecule has 0 saturated heterocycles. The summed E-state index contributed by atoms with van der Waals surface area (Å²) in [6.07, 6.45) is 1.89. The number of sulfonamides is 1. The Morgan fingerprint density at radius 3 is 2.44 bits per heavy atom. The monoisotopic (exact) mass is 490 g/mol. The van der Waals surface area contributed by atoms with Crippen LogP contribution in [-0.2, 0) is 10.0 Å². The van der Waals surface area contributed by atoms with Crippen LogP contribution in [0.15, 0.2) is 53.2 Å². The number of hydrogen-bond acceptors (Lipinski definition) is 9. The van der Waals surface area contributed by atoms with Crippen molar-refractivity contribution in [2.75, 3.05) is 18.5 Å². The van der Waals surface area contributed by atoms with Gasteiger partial charge < -0.3 is 10.2 Å². The van der Waals surface area contributed by atoms with Crippen LogP contribution in [0.5, 0.6) is 0 Å². The van der Waals surface area contributed by atoms with Crippen LogP contribution in [0, 0.1) is 0 Å². The zero-order chi connectivity index (χ0) is 24.3. The van der Waals surface area contributed by atoms with Crippen molar-refractivity contribution in [2.45, 2.75) is 18.9 Å². The fraction of sp³-hybridized carbons (Fsp3) is 0.250. The second-order valence-corrected chi connectivity index (χ2v) is 9.23. The third kappa shape index (κ3) is 5.58. The molecule has 0 aliphatic heterocycles. The minimum absolute atomic E-state index is 0.0314. The highest BCUT2D eigenvalue weighted by atomic mass is 32.2. The van der Waals surface area contributed by atoms with Crippen LogP contribution in [0.4, 0.5) is 14.6 Å². The zero-order valence-electron chi connectivity index (χ0n) is 17.8. The topological polar surface area (TPSA) is 155 Å². The number of hydrogen-bond donors (Lipinski definition) is 2. The van der Waals surface area contributed by atoms with Crippen molar-refractivity contribution >= 4 is 15.8 Å². The maximum atomic E-state index is 12.7. The summed E-state index contributed by atoms with van der Waals surface area (Å²) < 4.78 is 57.6. The Hall–Kier alpha value is -3.78. The van der Waals surface area contributed by atoms with E-state index in [1.165, 1.54) is 0 Å². The smallest absolute Gasteiger partial charge is 0.314 e. The van der Waals surface area contributed by atoms with E-state index in [0.29, 0.717) is 23.5 Å². The predicted molar refractivity (Wildman–Crippen MR) is 118 cm³/mol. The van der Waals surface area contributed by atoms with Crippen molar-refractivity contribution in [3.63, 3.8) is 0 Å². The Morgan fingerprint density at radius 2 is 1.82 bits per heavy atom. The number of alkyl halides is 2. The molecule has 4 aromatic rings. The van der Waals surface area contributed by atoms with Gasteiger partial charge in [0.2, 0.25) is 15.9 Å². The summed E-state index contributed by atoms with van der Waals surface area (Å²) >= 11 is 0. The molecule has 0 bridgehead atoms. The molecule has 1 aromatic carbocycles. The zero-order valence-corrected chi connectivity index (χ0v) is 18.7. The van der Waals surface area contributed by atoms with Gasteiger partial charge in [-0.25, -0.2) is 22.8 Å². The van der Waals surface area contributed by atoms with Gasteiger partial charge in [-0.2, -0.15) is 8.78 Å².